The number of carbonyl (C=O) groups is 1. The molecule has 1 aromatic carbocycles. The van der Waals surface area contributed by atoms with E-state index in [1.54, 1.807) is 19.1 Å². The van der Waals surface area contributed by atoms with Gasteiger partial charge in [-0.05, 0) is 49.2 Å². The van der Waals surface area contributed by atoms with E-state index in [2.05, 4.69) is 10.1 Å². The van der Waals surface area contributed by atoms with Crippen LogP contribution < -0.4 is 5.32 Å². The van der Waals surface area contributed by atoms with Crippen molar-refractivity contribution in [2.24, 2.45) is 0 Å². The second-order valence-electron chi connectivity index (χ2n) is 5.74. The summed E-state index contributed by atoms with van der Waals surface area (Å²) in [6.45, 7) is 4.57. The highest BCUT2D eigenvalue weighted by atomic mass is 19.4. The molecule has 0 radical (unpaired) electrons. The highest BCUT2D eigenvalue weighted by molar-refractivity contribution is 5.79. The van der Waals surface area contributed by atoms with E-state index >= 15 is 0 Å². The number of esters is 1. The Morgan fingerprint density at radius 1 is 1.22 bits per heavy atom. The molecule has 4 nitrogen and oxygen atoms in total. The Balaban J connectivity index is 3.41. The van der Waals surface area contributed by atoms with E-state index in [0.717, 1.165) is 12.1 Å². The summed E-state index contributed by atoms with van der Waals surface area (Å²) in [5, 5.41) is 3.07. The molecule has 0 heterocycles. The number of hydrogen-bond donors (Lipinski definition) is 1. The van der Waals surface area contributed by atoms with Gasteiger partial charge in [-0.25, -0.2) is 0 Å². The summed E-state index contributed by atoms with van der Waals surface area (Å²) in [4.78, 5) is 11.4. The number of hydrogen-bond acceptors (Lipinski definition) is 4. The van der Waals surface area contributed by atoms with Crippen LogP contribution in [0, 0.1) is 0 Å². The fourth-order valence-corrected chi connectivity index (χ4v) is 2.60. The number of methoxy groups -OCH3 is 2. The third-order valence-electron chi connectivity index (χ3n) is 3.96. The minimum atomic E-state index is -4.42. The van der Waals surface area contributed by atoms with Crippen molar-refractivity contribution in [3.05, 3.63) is 52.8 Å². The Labute approximate surface area is 158 Å². The van der Waals surface area contributed by atoms with Gasteiger partial charge < -0.3 is 14.8 Å². The predicted molar refractivity (Wildman–Crippen MR) is 98.8 cm³/mol. The van der Waals surface area contributed by atoms with Crippen LogP contribution in [0.25, 0.3) is 5.57 Å². The molecule has 0 atom stereocenters. The van der Waals surface area contributed by atoms with Crippen molar-refractivity contribution in [1.82, 2.24) is 5.32 Å². The van der Waals surface area contributed by atoms with Crippen molar-refractivity contribution < 1.29 is 27.4 Å². The van der Waals surface area contributed by atoms with Crippen molar-refractivity contribution in [3.8, 4) is 0 Å². The van der Waals surface area contributed by atoms with Crippen LogP contribution in [0.5, 0.6) is 0 Å². The predicted octanol–water partition coefficient (Wildman–Crippen LogP) is 4.70. The molecule has 0 aliphatic rings. The topological polar surface area (TPSA) is 47.6 Å². The molecule has 0 amide bonds. The molecule has 0 saturated heterocycles. The summed E-state index contributed by atoms with van der Waals surface area (Å²) >= 11 is 0. The lowest BCUT2D eigenvalue weighted by Gasteiger charge is -2.18. The number of benzene rings is 1. The molecule has 0 aliphatic heterocycles. The first-order valence-electron chi connectivity index (χ1n) is 8.67. The Bertz CT molecular complexity index is 694. The SMILES string of the molecule is C/C=C(OC)\C(=C/CCC(=O)OC)c1ccc(C(F)(F)F)cc1CNCC. The first kappa shape index (κ1) is 22.8. The Morgan fingerprint density at radius 3 is 2.44 bits per heavy atom. The molecular weight excluding hydrogens is 359 g/mol. The normalized spacial score (nSPS) is 12.9. The summed E-state index contributed by atoms with van der Waals surface area (Å²) in [7, 11) is 2.81. The average molecular weight is 385 g/mol. The van der Waals surface area contributed by atoms with E-state index in [-0.39, 0.29) is 18.9 Å². The molecule has 1 rings (SSSR count). The van der Waals surface area contributed by atoms with Crippen molar-refractivity contribution >= 4 is 11.5 Å². The van der Waals surface area contributed by atoms with Crippen LogP contribution in [0.1, 0.15) is 43.4 Å². The second kappa shape index (κ2) is 10.8. The minimum Gasteiger partial charge on any atom is -0.496 e. The van der Waals surface area contributed by atoms with E-state index in [1.807, 2.05) is 6.92 Å². The van der Waals surface area contributed by atoms with Gasteiger partial charge in [0.05, 0.1) is 19.8 Å². The standard InChI is InChI=1S/C20H26F3NO3/c1-5-18(26-3)17(8-7-9-19(25)27-4)16-11-10-15(20(21,22)23)12-14(16)13-24-6-2/h5,8,10-12,24H,6-7,9,13H2,1-4H3/b17-8-,18-5+. The number of nitrogens with one attached hydrogen (secondary N) is 1. The van der Waals surface area contributed by atoms with Crippen LogP contribution in [0.2, 0.25) is 0 Å². The second-order valence-corrected chi connectivity index (χ2v) is 5.74. The quantitative estimate of drug-likeness (QED) is 0.380. The van der Waals surface area contributed by atoms with E-state index in [0.29, 0.717) is 35.4 Å². The number of alkyl halides is 3. The van der Waals surface area contributed by atoms with Crippen LogP contribution in [-0.4, -0.2) is 26.7 Å². The van der Waals surface area contributed by atoms with Crippen LogP contribution in [0.3, 0.4) is 0 Å². The molecule has 0 aliphatic carbocycles. The first-order valence-corrected chi connectivity index (χ1v) is 8.67. The maximum Gasteiger partial charge on any atom is 0.416 e. The smallest absolute Gasteiger partial charge is 0.416 e. The number of rotatable bonds is 9. The largest absolute Gasteiger partial charge is 0.496 e. The fourth-order valence-electron chi connectivity index (χ4n) is 2.60. The first-order chi connectivity index (χ1) is 12.8. The summed E-state index contributed by atoms with van der Waals surface area (Å²) in [5.74, 6) is 0.169. The van der Waals surface area contributed by atoms with Gasteiger partial charge in [-0.15, -0.1) is 0 Å². The third-order valence-corrected chi connectivity index (χ3v) is 3.96. The Morgan fingerprint density at radius 2 is 1.93 bits per heavy atom. The summed E-state index contributed by atoms with van der Waals surface area (Å²) in [6, 6.07) is 3.65. The van der Waals surface area contributed by atoms with Crippen molar-refractivity contribution in [1.29, 1.82) is 0 Å². The molecule has 0 unspecified atom stereocenters. The summed E-state index contributed by atoms with van der Waals surface area (Å²) < 4.78 is 49.4. The lowest BCUT2D eigenvalue weighted by molar-refractivity contribution is -0.140. The summed E-state index contributed by atoms with van der Waals surface area (Å²) in [5.41, 5.74) is 1.08. The molecule has 27 heavy (non-hydrogen) atoms. The molecule has 150 valence electrons. The van der Waals surface area contributed by atoms with Crippen LogP contribution >= 0.6 is 0 Å². The highest BCUT2D eigenvalue weighted by Gasteiger charge is 2.31. The number of halogens is 3. The van der Waals surface area contributed by atoms with Crippen molar-refractivity contribution in [2.75, 3.05) is 20.8 Å². The minimum absolute atomic E-state index is 0.171. The van der Waals surface area contributed by atoms with Gasteiger partial charge in [-0.1, -0.05) is 19.1 Å². The van der Waals surface area contributed by atoms with Crippen LogP contribution in [0.15, 0.2) is 36.1 Å². The molecule has 0 bridgehead atoms. The number of allylic oxidation sites excluding steroid dienone is 3. The van der Waals surface area contributed by atoms with Gasteiger partial charge in [0.15, 0.2) is 0 Å². The van der Waals surface area contributed by atoms with Gasteiger partial charge in [0, 0.05) is 18.5 Å². The van der Waals surface area contributed by atoms with Crippen LogP contribution in [-0.2, 0) is 27.0 Å². The Kier molecular flexibility index (Phi) is 9.08. The average Bonchev–Trinajstić information content (AvgIpc) is 2.64. The highest BCUT2D eigenvalue weighted by Crippen LogP contribution is 2.34. The van der Waals surface area contributed by atoms with E-state index in [9.17, 15) is 18.0 Å². The molecule has 7 heteroatoms. The van der Waals surface area contributed by atoms with Gasteiger partial charge in [0.1, 0.15) is 5.76 Å². The van der Waals surface area contributed by atoms with E-state index < -0.39 is 11.7 Å². The molecule has 0 fully saturated rings. The molecule has 0 spiro atoms. The molecule has 0 saturated carbocycles. The molecule has 1 N–H and O–H groups in total. The van der Waals surface area contributed by atoms with Gasteiger partial charge in [-0.2, -0.15) is 13.2 Å². The molecular formula is C20H26F3NO3. The number of carbonyl (C=O) groups excluding carboxylic acids is 1. The summed E-state index contributed by atoms with van der Waals surface area (Å²) in [6.07, 6.45) is -0.348. The zero-order chi connectivity index (χ0) is 20.4. The van der Waals surface area contributed by atoms with Gasteiger partial charge >= 0.3 is 12.1 Å². The zero-order valence-corrected chi connectivity index (χ0v) is 16.1. The Hall–Kier alpha value is -2.28. The monoisotopic (exact) mass is 385 g/mol. The van der Waals surface area contributed by atoms with E-state index in [1.165, 1.54) is 20.3 Å². The van der Waals surface area contributed by atoms with E-state index in [4.69, 9.17) is 4.74 Å². The maximum absolute atomic E-state index is 13.1. The van der Waals surface area contributed by atoms with Crippen molar-refractivity contribution in [3.63, 3.8) is 0 Å². The third kappa shape index (κ3) is 6.75. The van der Waals surface area contributed by atoms with Gasteiger partial charge in [0.2, 0.25) is 0 Å². The fraction of sp³-hybridized carbons (Fsp3) is 0.450. The number of ether oxygens (including phenoxy) is 2. The van der Waals surface area contributed by atoms with Crippen LogP contribution in [0.4, 0.5) is 13.2 Å². The lowest BCUT2D eigenvalue weighted by atomic mass is 9.94. The zero-order valence-electron chi connectivity index (χ0n) is 16.1. The lowest BCUT2D eigenvalue weighted by Crippen LogP contribution is -2.15. The molecule has 1 aromatic rings. The van der Waals surface area contributed by atoms with Gasteiger partial charge in [-0.3, -0.25) is 4.79 Å². The van der Waals surface area contributed by atoms with Crippen molar-refractivity contribution in [2.45, 2.75) is 39.4 Å². The molecule has 0 aromatic heterocycles. The maximum atomic E-state index is 13.1. The van der Waals surface area contributed by atoms with Gasteiger partial charge in [0.25, 0.3) is 0 Å².